The summed E-state index contributed by atoms with van der Waals surface area (Å²) in [6, 6.07) is 6.47. The Morgan fingerprint density at radius 3 is 2.68 bits per heavy atom. The van der Waals surface area contributed by atoms with Crippen molar-refractivity contribution in [1.82, 2.24) is 5.32 Å². The molecular weight excluding hydrogens is 234 g/mol. The van der Waals surface area contributed by atoms with E-state index in [4.69, 9.17) is 0 Å². The average Bonchev–Trinajstić information content (AvgIpc) is 2.41. The van der Waals surface area contributed by atoms with Crippen LogP contribution in [0, 0.1) is 19.8 Å². The SMILES string of the molecule is CCC1CCNC(C(C)(O)c2ccc(C)c(C)c2)C1. The molecule has 3 unspecified atom stereocenters. The lowest BCUT2D eigenvalue weighted by Crippen LogP contribution is -2.51. The van der Waals surface area contributed by atoms with Crippen LogP contribution in [0.5, 0.6) is 0 Å². The molecule has 2 nitrogen and oxygen atoms in total. The van der Waals surface area contributed by atoms with Gasteiger partial charge in [0.1, 0.15) is 5.60 Å². The van der Waals surface area contributed by atoms with E-state index in [1.807, 2.05) is 6.92 Å². The number of benzene rings is 1. The minimum absolute atomic E-state index is 0.160. The minimum Gasteiger partial charge on any atom is -0.384 e. The van der Waals surface area contributed by atoms with E-state index in [1.54, 1.807) is 0 Å². The molecule has 19 heavy (non-hydrogen) atoms. The van der Waals surface area contributed by atoms with Gasteiger partial charge in [-0.1, -0.05) is 31.5 Å². The Kier molecular flexibility index (Phi) is 4.32. The predicted octanol–water partition coefficient (Wildman–Crippen LogP) is 3.29. The van der Waals surface area contributed by atoms with Gasteiger partial charge in [-0.3, -0.25) is 0 Å². The molecule has 1 fully saturated rings. The van der Waals surface area contributed by atoms with Crippen LogP contribution >= 0.6 is 0 Å². The van der Waals surface area contributed by atoms with Crippen molar-refractivity contribution in [2.24, 2.45) is 5.92 Å². The third-order valence-electron chi connectivity index (χ3n) is 4.86. The highest BCUT2D eigenvalue weighted by molar-refractivity contribution is 5.34. The molecule has 1 heterocycles. The molecule has 1 saturated heterocycles. The maximum atomic E-state index is 11.0. The van der Waals surface area contributed by atoms with Gasteiger partial charge in [0.15, 0.2) is 0 Å². The molecule has 3 atom stereocenters. The molecule has 1 aliphatic rings. The van der Waals surface area contributed by atoms with Crippen LogP contribution < -0.4 is 5.32 Å². The highest BCUT2D eigenvalue weighted by Gasteiger charge is 2.36. The van der Waals surface area contributed by atoms with Gasteiger partial charge in [0.2, 0.25) is 0 Å². The fourth-order valence-electron chi connectivity index (χ4n) is 3.05. The number of rotatable bonds is 3. The Labute approximate surface area is 117 Å². The molecular formula is C17H27NO. The number of aryl methyl sites for hydroxylation is 2. The number of aliphatic hydroxyl groups is 1. The highest BCUT2D eigenvalue weighted by atomic mass is 16.3. The maximum absolute atomic E-state index is 11.0. The molecule has 0 amide bonds. The normalized spacial score (nSPS) is 27.0. The Balaban J connectivity index is 2.22. The van der Waals surface area contributed by atoms with Gasteiger partial charge in [-0.15, -0.1) is 0 Å². The molecule has 2 rings (SSSR count). The Hall–Kier alpha value is -0.860. The van der Waals surface area contributed by atoms with E-state index in [0.29, 0.717) is 0 Å². The zero-order chi connectivity index (χ0) is 14.0. The Morgan fingerprint density at radius 1 is 1.32 bits per heavy atom. The summed E-state index contributed by atoms with van der Waals surface area (Å²) in [5.41, 5.74) is 2.78. The largest absolute Gasteiger partial charge is 0.384 e. The summed E-state index contributed by atoms with van der Waals surface area (Å²) in [5, 5.41) is 14.5. The third-order valence-corrected chi connectivity index (χ3v) is 4.86. The first kappa shape index (κ1) is 14.5. The van der Waals surface area contributed by atoms with E-state index in [0.717, 1.165) is 24.4 Å². The fraction of sp³-hybridized carbons (Fsp3) is 0.647. The van der Waals surface area contributed by atoms with Crippen molar-refractivity contribution in [3.05, 3.63) is 34.9 Å². The average molecular weight is 261 g/mol. The standard InChI is InChI=1S/C17H27NO/c1-5-14-8-9-18-16(11-14)17(4,19)15-7-6-12(2)13(3)10-15/h6-7,10,14,16,18-19H,5,8-9,11H2,1-4H3. The monoisotopic (exact) mass is 261 g/mol. The van der Waals surface area contributed by atoms with Gasteiger partial charge in [-0.25, -0.2) is 0 Å². The molecule has 1 aromatic carbocycles. The summed E-state index contributed by atoms with van der Waals surface area (Å²) < 4.78 is 0. The van der Waals surface area contributed by atoms with Crippen LogP contribution in [0.1, 0.15) is 49.8 Å². The first-order valence-corrected chi connectivity index (χ1v) is 7.48. The van der Waals surface area contributed by atoms with Crippen molar-refractivity contribution in [2.75, 3.05) is 6.54 Å². The van der Waals surface area contributed by atoms with Gasteiger partial charge < -0.3 is 10.4 Å². The molecule has 0 aliphatic carbocycles. The lowest BCUT2D eigenvalue weighted by atomic mass is 9.78. The van der Waals surface area contributed by atoms with Crippen molar-refractivity contribution in [2.45, 2.75) is 58.6 Å². The van der Waals surface area contributed by atoms with Crippen LogP contribution in [0.25, 0.3) is 0 Å². The molecule has 106 valence electrons. The topological polar surface area (TPSA) is 32.3 Å². The summed E-state index contributed by atoms with van der Waals surface area (Å²) in [6.07, 6.45) is 3.51. The van der Waals surface area contributed by atoms with Gasteiger partial charge in [-0.2, -0.15) is 0 Å². The first-order chi connectivity index (χ1) is 8.95. The molecule has 0 saturated carbocycles. The van der Waals surface area contributed by atoms with Crippen LogP contribution in [-0.2, 0) is 5.60 Å². The fourth-order valence-corrected chi connectivity index (χ4v) is 3.05. The second-order valence-corrected chi connectivity index (χ2v) is 6.25. The third kappa shape index (κ3) is 3.01. The summed E-state index contributed by atoms with van der Waals surface area (Å²) in [5.74, 6) is 0.740. The summed E-state index contributed by atoms with van der Waals surface area (Å²) in [6.45, 7) is 9.44. The van der Waals surface area contributed by atoms with E-state index < -0.39 is 5.60 Å². The molecule has 2 N–H and O–H groups in total. The van der Waals surface area contributed by atoms with Crippen molar-refractivity contribution < 1.29 is 5.11 Å². The van der Waals surface area contributed by atoms with Gasteiger partial charge >= 0.3 is 0 Å². The van der Waals surface area contributed by atoms with Crippen molar-refractivity contribution in [3.8, 4) is 0 Å². The molecule has 1 aromatic rings. The zero-order valence-electron chi connectivity index (χ0n) is 12.7. The molecule has 0 spiro atoms. The van der Waals surface area contributed by atoms with Crippen molar-refractivity contribution in [3.63, 3.8) is 0 Å². The van der Waals surface area contributed by atoms with Gasteiger partial charge in [0.05, 0.1) is 0 Å². The van der Waals surface area contributed by atoms with Crippen molar-refractivity contribution >= 4 is 0 Å². The number of hydrogen-bond acceptors (Lipinski definition) is 2. The molecule has 0 bridgehead atoms. The van der Waals surface area contributed by atoms with E-state index in [2.05, 4.69) is 44.3 Å². The predicted molar refractivity (Wildman–Crippen MR) is 80.3 cm³/mol. The van der Waals surface area contributed by atoms with Crippen LogP contribution in [0.4, 0.5) is 0 Å². The van der Waals surface area contributed by atoms with E-state index in [-0.39, 0.29) is 6.04 Å². The van der Waals surface area contributed by atoms with E-state index in [9.17, 15) is 5.11 Å². The Morgan fingerprint density at radius 2 is 2.05 bits per heavy atom. The number of piperidine rings is 1. The smallest absolute Gasteiger partial charge is 0.102 e. The molecule has 1 aliphatic heterocycles. The molecule has 0 aromatic heterocycles. The first-order valence-electron chi connectivity index (χ1n) is 7.48. The van der Waals surface area contributed by atoms with E-state index in [1.165, 1.54) is 24.0 Å². The van der Waals surface area contributed by atoms with Crippen LogP contribution in [0.3, 0.4) is 0 Å². The van der Waals surface area contributed by atoms with Crippen LogP contribution in [0.15, 0.2) is 18.2 Å². The second-order valence-electron chi connectivity index (χ2n) is 6.25. The second kappa shape index (κ2) is 5.64. The maximum Gasteiger partial charge on any atom is 0.102 e. The minimum atomic E-state index is -0.785. The lowest BCUT2D eigenvalue weighted by molar-refractivity contribution is -0.00314. The number of hydrogen-bond donors (Lipinski definition) is 2. The van der Waals surface area contributed by atoms with Crippen molar-refractivity contribution in [1.29, 1.82) is 0 Å². The van der Waals surface area contributed by atoms with Gasteiger partial charge in [0.25, 0.3) is 0 Å². The summed E-state index contributed by atoms with van der Waals surface area (Å²) in [7, 11) is 0. The highest BCUT2D eigenvalue weighted by Crippen LogP contribution is 2.33. The zero-order valence-corrected chi connectivity index (χ0v) is 12.7. The Bertz CT molecular complexity index is 439. The molecule has 0 radical (unpaired) electrons. The number of nitrogens with one attached hydrogen (secondary N) is 1. The lowest BCUT2D eigenvalue weighted by Gasteiger charge is -2.40. The van der Waals surface area contributed by atoms with Crippen LogP contribution in [0.2, 0.25) is 0 Å². The summed E-state index contributed by atoms with van der Waals surface area (Å²) >= 11 is 0. The van der Waals surface area contributed by atoms with Gasteiger partial charge in [0, 0.05) is 6.04 Å². The van der Waals surface area contributed by atoms with E-state index >= 15 is 0 Å². The summed E-state index contributed by atoms with van der Waals surface area (Å²) in [4.78, 5) is 0. The quantitative estimate of drug-likeness (QED) is 0.875. The van der Waals surface area contributed by atoms with Gasteiger partial charge in [-0.05, 0) is 62.8 Å². The van der Waals surface area contributed by atoms with Crippen LogP contribution in [-0.4, -0.2) is 17.7 Å². The molecule has 2 heteroatoms.